The second-order valence-corrected chi connectivity index (χ2v) is 8.51. The molecule has 156 valence electrons. The number of halogens is 3. The first kappa shape index (κ1) is 20.1. The molecule has 3 aromatic carbocycles. The summed E-state index contributed by atoms with van der Waals surface area (Å²) in [6.07, 6.45) is -4.66. The molecule has 30 heavy (non-hydrogen) atoms. The molecule has 0 fully saturated rings. The van der Waals surface area contributed by atoms with Crippen LogP contribution in [-0.2, 0) is 16.2 Å². The molecule has 0 bridgehead atoms. The standard InChI is InChI=1S/C21H16F3NO4S/c22-21(23,24)15-4-3-5-16(13-15)30(27,28)25-10-11-29-20-9-8-14(12-18(20)25)17-6-1-2-7-19(17)26/h1-9,12-13,26H,10-11H2. The van der Waals surface area contributed by atoms with Gasteiger partial charge in [-0.2, -0.15) is 13.2 Å². The number of alkyl halides is 3. The fraction of sp³-hybridized carbons (Fsp3) is 0.143. The summed E-state index contributed by atoms with van der Waals surface area (Å²) in [5.74, 6) is 0.303. The Balaban J connectivity index is 1.81. The van der Waals surface area contributed by atoms with Crippen molar-refractivity contribution >= 4 is 15.7 Å². The highest BCUT2D eigenvalue weighted by Crippen LogP contribution is 2.40. The summed E-state index contributed by atoms with van der Waals surface area (Å²) < 4.78 is 72.2. The molecule has 0 saturated carbocycles. The Bertz CT molecular complexity index is 1210. The number of phenolic OH excluding ortho intramolecular Hbond substituents is 1. The highest BCUT2D eigenvalue weighted by atomic mass is 32.2. The van der Waals surface area contributed by atoms with Crippen LogP contribution in [-0.4, -0.2) is 26.7 Å². The van der Waals surface area contributed by atoms with Crippen molar-refractivity contribution in [2.75, 3.05) is 17.5 Å². The number of para-hydroxylation sites is 1. The lowest BCUT2D eigenvalue weighted by Crippen LogP contribution is -2.38. The number of ether oxygens (including phenoxy) is 1. The van der Waals surface area contributed by atoms with Crippen LogP contribution in [0.5, 0.6) is 11.5 Å². The van der Waals surface area contributed by atoms with Crippen LogP contribution >= 0.6 is 0 Å². The number of anilines is 1. The van der Waals surface area contributed by atoms with Crippen molar-refractivity contribution in [2.24, 2.45) is 0 Å². The van der Waals surface area contributed by atoms with Gasteiger partial charge in [0.05, 0.1) is 22.7 Å². The molecule has 1 heterocycles. The van der Waals surface area contributed by atoms with Gasteiger partial charge in [-0.1, -0.05) is 30.3 Å². The van der Waals surface area contributed by atoms with E-state index in [4.69, 9.17) is 4.74 Å². The maximum absolute atomic E-state index is 13.2. The van der Waals surface area contributed by atoms with Gasteiger partial charge < -0.3 is 9.84 Å². The van der Waals surface area contributed by atoms with Crippen LogP contribution in [0.15, 0.2) is 71.6 Å². The summed E-state index contributed by atoms with van der Waals surface area (Å²) in [6, 6.07) is 15.0. The summed E-state index contributed by atoms with van der Waals surface area (Å²) >= 11 is 0. The maximum Gasteiger partial charge on any atom is 0.416 e. The third-order valence-corrected chi connectivity index (χ3v) is 6.55. The first-order chi connectivity index (χ1) is 14.2. The third kappa shape index (κ3) is 3.56. The van der Waals surface area contributed by atoms with E-state index in [0.717, 1.165) is 22.5 Å². The first-order valence-electron chi connectivity index (χ1n) is 8.93. The fourth-order valence-corrected chi connectivity index (χ4v) is 4.79. The molecule has 5 nitrogen and oxygen atoms in total. The summed E-state index contributed by atoms with van der Waals surface area (Å²) in [5.41, 5.74) is 0.184. The number of sulfonamides is 1. The minimum absolute atomic E-state index is 0.0152. The Morgan fingerprint density at radius 1 is 0.967 bits per heavy atom. The molecule has 9 heteroatoms. The van der Waals surface area contributed by atoms with Crippen LogP contribution in [0, 0.1) is 0 Å². The van der Waals surface area contributed by atoms with E-state index in [9.17, 15) is 26.7 Å². The second kappa shape index (κ2) is 7.24. The van der Waals surface area contributed by atoms with Gasteiger partial charge in [-0.15, -0.1) is 0 Å². The zero-order valence-electron chi connectivity index (χ0n) is 15.4. The van der Waals surface area contributed by atoms with Crippen LogP contribution in [0.2, 0.25) is 0 Å². The predicted octanol–water partition coefficient (Wildman–Crippen LogP) is 4.67. The van der Waals surface area contributed by atoms with Gasteiger partial charge in [-0.25, -0.2) is 8.42 Å². The van der Waals surface area contributed by atoms with Crippen molar-refractivity contribution in [3.8, 4) is 22.6 Å². The highest BCUT2D eigenvalue weighted by molar-refractivity contribution is 7.92. The Morgan fingerprint density at radius 3 is 2.47 bits per heavy atom. The monoisotopic (exact) mass is 435 g/mol. The quantitative estimate of drug-likeness (QED) is 0.650. The van der Waals surface area contributed by atoms with Crippen LogP contribution in [0.1, 0.15) is 5.56 Å². The third-order valence-electron chi connectivity index (χ3n) is 4.74. The Hall–Kier alpha value is -3.20. The van der Waals surface area contributed by atoms with E-state index in [1.807, 2.05) is 0 Å². The van der Waals surface area contributed by atoms with E-state index < -0.39 is 26.7 Å². The Morgan fingerprint density at radius 2 is 1.73 bits per heavy atom. The number of phenols is 1. The molecule has 0 spiro atoms. The number of rotatable bonds is 3. The van der Waals surface area contributed by atoms with Gasteiger partial charge in [0.2, 0.25) is 0 Å². The fourth-order valence-electron chi connectivity index (χ4n) is 3.29. The summed E-state index contributed by atoms with van der Waals surface area (Å²) in [5, 5.41) is 10.1. The lowest BCUT2D eigenvalue weighted by atomic mass is 10.0. The zero-order chi connectivity index (χ0) is 21.5. The molecule has 0 aliphatic carbocycles. The summed E-state index contributed by atoms with van der Waals surface area (Å²) in [4.78, 5) is -0.460. The maximum atomic E-state index is 13.2. The number of nitrogens with zero attached hydrogens (tertiary/aromatic N) is 1. The van der Waals surface area contributed by atoms with Gasteiger partial charge in [-0.05, 0) is 42.0 Å². The Labute approximate surface area is 171 Å². The van der Waals surface area contributed by atoms with Crippen molar-refractivity contribution in [3.63, 3.8) is 0 Å². The first-order valence-corrected chi connectivity index (χ1v) is 10.4. The highest BCUT2D eigenvalue weighted by Gasteiger charge is 2.34. The molecule has 1 aliphatic heterocycles. The van der Waals surface area contributed by atoms with E-state index >= 15 is 0 Å². The lowest BCUT2D eigenvalue weighted by Gasteiger charge is -2.31. The smallest absolute Gasteiger partial charge is 0.416 e. The summed E-state index contributed by atoms with van der Waals surface area (Å²) in [6.45, 7) is -0.00305. The van der Waals surface area contributed by atoms with E-state index in [0.29, 0.717) is 17.2 Å². The molecule has 4 rings (SSSR count). The van der Waals surface area contributed by atoms with Crippen LogP contribution in [0.4, 0.5) is 18.9 Å². The molecular weight excluding hydrogens is 419 g/mol. The molecule has 1 aliphatic rings. The molecule has 1 N–H and O–H groups in total. The van der Waals surface area contributed by atoms with Crippen LogP contribution < -0.4 is 9.04 Å². The van der Waals surface area contributed by atoms with Crippen molar-refractivity contribution in [1.82, 2.24) is 0 Å². The SMILES string of the molecule is O=S(=O)(c1cccc(C(F)(F)F)c1)N1CCOc2ccc(-c3ccccc3O)cc21. The van der Waals surface area contributed by atoms with Crippen molar-refractivity contribution < 1.29 is 31.4 Å². The van der Waals surface area contributed by atoms with Crippen molar-refractivity contribution in [3.05, 3.63) is 72.3 Å². The van der Waals surface area contributed by atoms with Gasteiger partial charge in [0, 0.05) is 5.56 Å². The number of aromatic hydroxyl groups is 1. The van der Waals surface area contributed by atoms with E-state index in [-0.39, 0.29) is 30.3 Å². The molecule has 0 aromatic heterocycles. The zero-order valence-corrected chi connectivity index (χ0v) is 16.2. The van der Waals surface area contributed by atoms with Gasteiger partial charge in [0.25, 0.3) is 10.0 Å². The number of fused-ring (bicyclic) bond motifs is 1. The predicted molar refractivity (Wildman–Crippen MR) is 105 cm³/mol. The Kier molecular flexibility index (Phi) is 4.85. The van der Waals surface area contributed by atoms with E-state index in [1.54, 1.807) is 30.3 Å². The minimum atomic E-state index is -4.66. The van der Waals surface area contributed by atoms with Gasteiger partial charge in [0.15, 0.2) is 0 Å². The van der Waals surface area contributed by atoms with E-state index in [1.165, 1.54) is 12.1 Å². The average Bonchev–Trinajstić information content (AvgIpc) is 2.73. The molecular formula is C21H16F3NO4S. The largest absolute Gasteiger partial charge is 0.507 e. The minimum Gasteiger partial charge on any atom is -0.507 e. The molecule has 0 unspecified atom stereocenters. The van der Waals surface area contributed by atoms with Crippen molar-refractivity contribution in [1.29, 1.82) is 0 Å². The van der Waals surface area contributed by atoms with Gasteiger partial charge in [-0.3, -0.25) is 4.31 Å². The topological polar surface area (TPSA) is 66.8 Å². The van der Waals surface area contributed by atoms with Crippen LogP contribution in [0.25, 0.3) is 11.1 Å². The number of hydrogen-bond acceptors (Lipinski definition) is 4. The summed E-state index contributed by atoms with van der Waals surface area (Å²) in [7, 11) is -4.28. The molecule has 0 radical (unpaired) electrons. The van der Waals surface area contributed by atoms with Gasteiger partial charge >= 0.3 is 6.18 Å². The molecule has 3 aromatic rings. The average molecular weight is 435 g/mol. The molecule has 0 atom stereocenters. The van der Waals surface area contributed by atoms with E-state index in [2.05, 4.69) is 0 Å². The molecule has 0 amide bonds. The number of benzene rings is 3. The van der Waals surface area contributed by atoms with Crippen molar-refractivity contribution in [2.45, 2.75) is 11.1 Å². The normalized spacial score (nSPS) is 14.2. The van der Waals surface area contributed by atoms with Crippen LogP contribution in [0.3, 0.4) is 0 Å². The van der Waals surface area contributed by atoms with Gasteiger partial charge in [0.1, 0.15) is 18.1 Å². The number of hydrogen-bond donors (Lipinski definition) is 1. The lowest BCUT2D eigenvalue weighted by molar-refractivity contribution is -0.137. The molecule has 0 saturated heterocycles. The second-order valence-electron chi connectivity index (χ2n) is 6.65.